The Hall–Kier alpha value is -3.14. The molecule has 3 rings (SSSR count). The molecule has 2 aromatic rings. The van der Waals surface area contributed by atoms with Gasteiger partial charge in [0, 0.05) is 17.9 Å². The highest BCUT2D eigenvalue weighted by Gasteiger charge is 2.51. The van der Waals surface area contributed by atoms with Gasteiger partial charge in [-0.25, -0.2) is 9.79 Å². The first-order valence-corrected chi connectivity index (χ1v) is 8.88. The van der Waals surface area contributed by atoms with Gasteiger partial charge >= 0.3 is 5.97 Å². The molecule has 0 unspecified atom stereocenters. The Morgan fingerprint density at radius 1 is 1.11 bits per heavy atom. The maximum Gasteiger partial charge on any atom is 0.341 e. The molecule has 4 heteroatoms. The van der Waals surface area contributed by atoms with Crippen molar-refractivity contribution in [2.75, 3.05) is 7.11 Å². The van der Waals surface area contributed by atoms with Crippen LogP contribution in [0.5, 0.6) is 5.75 Å². The van der Waals surface area contributed by atoms with Crippen LogP contribution in [-0.2, 0) is 9.53 Å². The fourth-order valence-corrected chi connectivity index (χ4v) is 3.45. The molecule has 0 amide bonds. The molecule has 0 radical (unpaired) electrons. The van der Waals surface area contributed by atoms with Crippen molar-refractivity contribution in [3.05, 3.63) is 91.0 Å². The summed E-state index contributed by atoms with van der Waals surface area (Å²) < 4.78 is 10.9. The molecule has 138 valence electrons. The average molecular weight is 361 g/mol. The van der Waals surface area contributed by atoms with Crippen LogP contribution in [0, 0.1) is 0 Å². The second-order valence-electron chi connectivity index (χ2n) is 6.44. The van der Waals surface area contributed by atoms with Gasteiger partial charge in [-0.05, 0) is 36.2 Å². The van der Waals surface area contributed by atoms with E-state index in [2.05, 4.69) is 13.2 Å². The Morgan fingerprint density at radius 2 is 1.81 bits per heavy atom. The normalized spacial score (nSPS) is 19.7. The van der Waals surface area contributed by atoms with E-state index in [0.29, 0.717) is 18.7 Å². The van der Waals surface area contributed by atoms with Crippen molar-refractivity contribution >= 4 is 11.9 Å². The Labute approximate surface area is 159 Å². The minimum Gasteiger partial charge on any atom is -0.497 e. The number of hydrogen-bond acceptors (Lipinski definition) is 4. The van der Waals surface area contributed by atoms with Crippen molar-refractivity contribution in [1.82, 2.24) is 0 Å². The third kappa shape index (κ3) is 3.56. The Balaban J connectivity index is 2.09. The summed E-state index contributed by atoms with van der Waals surface area (Å²) in [5.74, 6) is 0.540. The lowest BCUT2D eigenvalue weighted by atomic mass is 9.75. The number of esters is 1. The molecule has 0 aromatic heterocycles. The van der Waals surface area contributed by atoms with Gasteiger partial charge in [0.15, 0.2) is 5.54 Å². The highest BCUT2D eigenvalue weighted by atomic mass is 16.6. The zero-order valence-electron chi connectivity index (χ0n) is 15.4. The lowest BCUT2D eigenvalue weighted by molar-refractivity contribution is -0.139. The monoisotopic (exact) mass is 361 g/mol. The maximum absolute atomic E-state index is 13.0. The number of hydrogen-bond donors (Lipinski definition) is 0. The van der Waals surface area contributed by atoms with Gasteiger partial charge in [-0.2, -0.15) is 0 Å². The van der Waals surface area contributed by atoms with Gasteiger partial charge in [-0.3, -0.25) is 0 Å². The van der Waals surface area contributed by atoms with Crippen molar-refractivity contribution in [1.29, 1.82) is 0 Å². The van der Waals surface area contributed by atoms with E-state index in [1.54, 1.807) is 13.2 Å². The zero-order valence-corrected chi connectivity index (χ0v) is 15.4. The van der Waals surface area contributed by atoms with E-state index in [1.165, 1.54) is 0 Å². The van der Waals surface area contributed by atoms with E-state index >= 15 is 0 Å². The molecule has 1 aliphatic heterocycles. The maximum atomic E-state index is 13.0. The molecule has 2 atom stereocenters. The quantitative estimate of drug-likeness (QED) is 0.507. The molecule has 0 saturated heterocycles. The van der Waals surface area contributed by atoms with Crippen LogP contribution in [0.4, 0.5) is 0 Å². The average Bonchev–Trinajstić information content (AvgIpc) is 3.04. The van der Waals surface area contributed by atoms with Crippen LogP contribution in [0.25, 0.3) is 0 Å². The lowest BCUT2D eigenvalue weighted by Gasteiger charge is -2.30. The summed E-state index contributed by atoms with van der Waals surface area (Å²) in [7, 11) is 1.63. The summed E-state index contributed by atoms with van der Waals surface area (Å²) >= 11 is 0. The van der Waals surface area contributed by atoms with E-state index in [1.807, 2.05) is 60.7 Å². The van der Waals surface area contributed by atoms with E-state index in [4.69, 9.17) is 14.5 Å². The van der Waals surface area contributed by atoms with Crippen LogP contribution in [0.1, 0.15) is 29.9 Å². The molecule has 0 saturated carbocycles. The number of aliphatic imine (C=N–C) groups is 1. The van der Waals surface area contributed by atoms with Crippen molar-refractivity contribution in [3.8, 4) is 5.75 Å². The SMILES string of the molecule is C=CC[C@@H](c1ccc(OC)cc1)[C@@]1(CC=C)N=C(c2ccccc2)OC1=O. The minimum atomic E-state index is -1.06. The van der Waals surface area contributed by atoms with Gasteiger partial charge in [-0.1, -0.05) is 42.5 Å². The molecular formula is C23H23NO3. The number of allylic oxidation sites excluding steroid dienone is 1. The van der Waals surface area contributed by atoms with E-state index < -0.39 is 5.54 Å². The number of nitrogens with zero attached hydrogens (tertiary/aromatic N) is 1. The smallest absolute Gasteiger partial charge is 0.341 e. The molecule has 0 N–H and O–H groups in total. The fourth-order valence-electron chi connectivity index (χ4n) is 3.45. The second kappa shape index (κ2) is 8.04. The fraction of sp³-hybridized carbons (Fsp3) is 0.217. The van der Waals surface area contributed by atoms with Crippen molar-refractivity contribution in [2.45, 2.75) is 24.3 Å². The summed E-state index contributed by atoms with van der Waals surface area (Å²) in [5.41, 5.74) is 0.701. The second-order valence-corrected chi connectivity index (χ2v) is 6.44. The van der Waals surface area contributed by atoms with Crippen molar-refractivity contribution in [3.63, 3.8) is 0 Å². The molecule has 2 aromatic carbocycles. The third-order valence-electron chi connectivity index (χ3n) is 4.82. The zero-order chi connectivity index (χ0) is 19.3. The van der Waals surface area contributed by atoms with Crippen molar-refractivity contribution < 1.29 is 14.3 Å². The summed E-state index contributed by atoms with van der Waals surface area (Å²) in [6.07, 6.45) is 4.49. The number of rotatable bonds is 8. The van der Waals surface area contributed by atoms with Gasteiger partial charge in [0.25, 0.3) is 0 Å². The van der Waals surface area contributed by atoms with Crippen LogP contribution >= 0.6 is 0 Å². The highest BCUT2D eigenvalue weighted by molar-refractivity contribution is 6.08. The summed E-state index contributed by atoms with van der Waals surface area (Å²) in [4.78, 5) is 17.8. The first-order valence-electron chi connectivity index (χ1n) is 8.88. The van der Waals surface area contributed by atoms with Crippen LogP contribution in [-0.4, -0.2) is 24.5 Å². The Morgan fingerprint density at radius 3 is 2.41 bits per heavy atom. The summed E-state index contributed by atoms with van der Waals surface area (Å²) in [6.45, 7) is 7.72. The van der Waals surface area contributed by atoms with Crippen LogP contribution in [0.2, 0.25) is 0 Å². The summed E-state index contributed by atoms with van der Waals surface area (Å²) in [5, 5.41) is 0. The lowest BCUT2D eigenvalue weighted by Crippen LogP contribution is -2.40. The number of ether oxygens (including phenoxy) is 2. The number of benzene rings is 2. The Bertz CT molecular complexity index is 855. The van der Waals surface area contributed by atoms with E-state index in [0.717, 1.165) is 16.9 Å². The van der Waals surface area contributed by atoms with Crippen LogP contribution in [0.15, 0.2) is 84.9 Å². The van der Waals surface area contributed by atoms with Crippen LogP contribution in [0.3, 0.4) is 0 Å². The molecule has 0 spiro atoms. The molecule has 1 heterocycles. The van der Waals surface area contributed by atoms with E-state index in [9.17, 15) is 4.79 Å². The molecule has 4 nitrogen and oxygen atoms in total. The first-order chi connectivity index (χ1) is 13.1. The largest absolute Gasteiger partial charge is 0.497 e. The van der Waals surface area contributed by atoms with Gasteiger partial charge in [0.05, 0.1) is 7.11 Å². The molecule has 27 heavy (non-hydrogen) atoms. The number of carbonyl (C=O) groups excluding carboxylic acids is 1. The molecule has 0 aliphatic carbocycles. The molecule has 1 aliphatic rings. The molecular weight excluding hydrogens is 338 g/mol. The van der Waals surface area contributed by atoms with Crippen LogP contribution < -0.4 is 4.74 Å². The van der Waals surface area contributed by atoms with Gasteiger partial charge in [-0.15, -0.1) is 13.2 Å². The molecule has 0 fully saturated rings. The Kier molecular flexibility index (Phi) is 5.55. The number of methoxy groups -OCH3 is 1. The van der Waals surface area contributed by atoms with Gasteiger partial charge < -0.3 is 9.47 Å². The highest BCUT2D eigenvalue weighted by Crippen LogP contribution is 2.42. The summed E-state index contributed by atoms with van der Waals surface area (Å²) in [6, 6.07) is 17.1. The number of cyclic esters (lactones) is 1. The number of carbonyl (C=O) groups is 1. The van der Waals surface area contributed by atoms with Gasteiger partial charge in [0.1, 0.15) is 5.75 Å². The third-order valence-corrected chi connectivity index (χ3v) is 4.82. The van der Waals surface area contributed by atoms with E-state index in [-0.39, 0.29) is 11.9 Å². The molecule has 0 bridgehead atoms. The topological polar surface area (TPSA) is 47.9 Å². The van der Waals surface area contributed by atoms with Gasteiger partial charge in [0.2, 0.25) is 5.90 Å². The minimum absolute atomic E-state index is 0.215. The standard InChI is InChI=1S/C23H23NO3/c1-4-9-20(17-12-14-19(26-3)15-13-17)23(16-5-2)22(25)27-21(24-23)18-10-7-6-8-11-18/h4-8,10-15,20H,1-2,9,16H2,3H3/t20-,23+/m0/s1. The van der Waals surface area contributed by atoms with Crippen molar-refractivity contribution in [2.24, 2.45) is 4.99 Å². The predicted octanol–water partition coefficient (Wildman–Crippen LogP) is 4.67. The first kappa shape index (κ1) is 18.6. The predicted molar refractivity (Wildman–Crippen MR) is 107 cm³/mol.